The second kappa shape index (κ2) is 12.3. The Morgan fingerprint density at radius 1 is 0.920 bits per heavy atom. The van der Waals surface area contributed by atoms with Crippen molar-refractivity contribution in [1.82, 2.24) is 0 Å². The van der Waals surface area contributed by atoms with Crippen molar-refractivity contribution < 1.29 is 4.79 Å². The van der Waals surface area contributed by atoms with Crippen LogP contribution in [0.15, 0.2) is 36.5 Å². The van der Waals surface area contributed by atoms with Gasteiger partial charge in [0.25, 0.3) is 0 Å². The number of carbonyl (C=O) groups excluding carboxylic acids is 1. The highest BCUT2D eigenvalue weighted by Gasteiger charge is 2.30. The van der Waals surface area contributed by atoms with Crippen molar-refractivity contribution in [3.63, 3.8) is 0 Å². The second-order valence-electron chi connectivity index (χ2n) is 7.70. The molecule has 1 heteroatoms. The summed E-state index contributed by atoms with van der Waals surface area (Å²) < 4.78 is 0. The van der Waals surface area contributed by atoms with E-state index in [2.05, 4.69) is 13.5 Å². The molecule has 0 N–H and O–H groups in total. The van der Waals surface area contributed by atoms with Gasteiger partial charge >= 0.3 is 0 Å². The van der Waals surface area contributed by atoms with Crippen LogP contribution >= 0.6 is 0 Å². The van der Waals surface area contributed by atoms with Crippen molar-refractivity contribution in [3.8, 4) is 0 Å². The molecule has 0 saturated heterocycles. The Bertz CT molecular complexity index is 449. The highest BCUT2D eigenvalue weighted by atomic mass is 16.1. The van der Waals surface area contributed by atoms with Crippen LogP contribution in [-0.2, 0) is 4.79 Å². The van der Waals surface area contributed by atoms with Crippen LogP contribution in [0, 0.1) is 23.7 Å². The molecule has 0 aromatic heterocycles. The first kappa shape index (κ1) is 21.9. The van der Waals surface area contributed by atoms with Crippen molar-refractivity contribution in [2.75, 3.05) is 0 Å². The highest BCUT2D eigenvalue weighted by molar-refractivity contribution is 5.99. The van der Waals surface area contributed by atoms with Gasteiger partial charge in [-0.3, -0.25) is 4.79 Å². The van der Waals surface area contributed by atoms with Gasteiger partial charge in [0.05, 0.1) is 0 Å². The average molecular weight is 345 g/mol. The first-order valence-corrected chi connectivity index (χ1v) is 10.6. The Hall–Kier alpha value is -1.11. The van der Waals surface area contributed by atoms with Crippen molar-refractivity contribution in [2.45, 2.75) is 85.5 Å². The minimum atomic E-state index is 0.219. The van der Waals surface area contributed by atoms with Crippen LogP contribution in [0.4, 0.5) is 0 Å². The normalized spacial score (nSPS) is 31.0. The van der Waals surface area contributed by atoms with E-state index in [1.54, 1.807) is 6.08 Å². The highest BCUT2D eigenvalue weighted by Crippen LogP contribution is 2.40. The number of hydrogen-bond donors (Lipinski definition) is 0. The number of hydrogen-bond acceptors (Lipinski definition) is 1. The minimum absolute atomic E-state index is 0.219. The average Bonchev–Trinajstić information content (AvgIpc) is 2.90. The zero-order valence-corrected chi connectivity index (χ0v) is 17.1. The molecule has 2 saturated carbocycles. The van der Waals surface area contributed by atoms with Gasteiger partial charge in [-0.1, -0.05) is 77.3 Å². The molecular formula is C24H40O. The van der Waals surface area contributed by atoms with Crippen LogP contribution in [0.3, 0.4) is 0 Å². The molecule has 1 nitrogen and oxygen atoms in total. The Kier molecular flexibility index (Phi) is 10.8. The van der Waals surface area contributed by atoms with Crippen molar-refractivity contribution >= 4 is 5.78 Å². The summed E-state index contributed by atoms with van der Waals surface area (Å²) >= 11 is 0. The number of rotatable bonds is 5. The van der Waals surface area contributed by atoms with Gasteiger partial charge in [-0.15, -0.1) is 0 Å². The van der Waals surface area contributed by atoms with Crippen LogP contribution in [-0.4, -0.2) is 5.78 Å². The predicted octanol–water partition coefficient (Wildman–Crippen LogP) is 7.29. The molecule has 2 aliphatic rings. The van der Waals surface area contributed by atoms with Crippen LogP contribution in [0.5, 0.6) is 0 Å². The summed E-state index contributed by atoms with van der Waals surface area (Å²) in [6.07, 6.45) is 19.2. The largest absolute Gasteiger partial charge is 0.294 e. The Balaban J connectivity index is 0.00000151. The third-order valence-electron chi connectivity index (χ3n) is 6.08. The third kappa shape index (κ3) is 6.96. The number of ketones is 1. The standard InChI is InChI=1S/C22H34O.C2H6/c1-4-6-8-18(5-2)22(23)21-10-7-9-19(15-16-21)20-13-11-17(3)12-14-20;1-2/h4-6,8,17,19-21H,2,7,9-16H2,1,3H3;1-2H3/b6-4-,18-8+;. The Labute approximate surface area is 156 Å². The summed E-state index contributed by atoms with van der Waals surface area (Å²) in [6.45, 7) is 12.2. The molecule has 2 atom stereocenters. The van der Waals surface area contributed by atoms with E-state index < -0.39 is 0 Å². The third-order valence-corrected chi connectivity index (χ3v) is 6.08. The summed E-state index contributed by atoms with van der Waals surface area (Å²) in [5, 5.41) is 0. The quantitative estimate of drug-likeness (QED) is 0.290. The van der Waals surface area contributed by atoms with Gasteiger partial charge in [0.1, 0.15) is 0 Å². The second-order valence-corrected chi connectivity index (χ2v) is 7.70. The summed E-state index contributed by atoms with van der Waals surface area (Å²) in [5.41, 5.74) is 0.790. The molecule has 142 valence electrons. The first-order valence-electron chi connectivity index (χ1n) is 10.6. The molecular weight excluding hydrogens is 304 g/mol. The van der Waals surface area contributed by atoms with Gasteiger partial charge in [-0.05, 0) is 56.8 Å². The van der Waals surface area contributed by atoms with E-state index in [1.807, 2.05) is 39.0 Å². The Morgan fingerprint density at radius 3 is 2.12 bits per heavy atom. The molecule has 2 rings (SSSR count). The number of allylic oxidation sites excluding steroid dienone is 5. The van der Waals surface area contributed by atoms with Crippen LogP contribution < -0.4 is 0 Å². The van der Waals surface area contributed by atoms with Crippen LogP contribution in [0.25, 0.3) is 0 Å². The molecule has 0 aromatic rings. The number of Topliss-reactive ketones (excluding diaryl/α,β-unsaturated/α-hetero) is 1. The van der Waals surface area contributed by atoms with Crippen molar-refractivity contribution in [3.05, 3.63) is 36.5 Å². The smallest absolute Gasteiger partial charge is 0.165 e. The lowest BCUT2D eigenvalue weighted by Gasteiger charge is -2.32. The van der Waals surface area contributed by atoms with E-state index in [0.29, 0.717) is 5.78 Å². The van der Waals surface area contributed by atoms with Crippen LogP contribution in [0.1, 0.15) is 85.5 Å². The lowest BCUT2D eigenvalue weighted by molar-refractivity contribution is -0.119. The van der Waals surface area contributed by atoms with E-state index in [9.17, 15) is 4.79 Å². The van der Waals surface area contributed by atoms with Crippen LogP contribution in [0.2, 0.25) is 0 Å². The van der Waals surface area contributed by atoms with Gasteiger partial charge in [0.15, 0.2) is 5.78 Å². The fourth-order valence-electron chi connectivity index (χ4n) is 4.51. The van der Waals surface area contributed by atoms with E-state index in [-0.39, 0.29) is 5.92 Å². The molecule has 0 heterocycles. The maximum absolute atomic E-state index is 12.7. The zero-order chi connectivity index (χ0) is 18.7. The topological polar surface area (TPSA) is 17.1 Å². The first-order chi connectivity index (χ1) is 12.2. The molecule has 0 aliphatic heterocycles. The van der Waals surface area contributed by atoms with Gasteiger partial charge in [0.2, 0.25) is 0 Å². The van der Waals surface area contributed by atoms with Gasteiger partial charge in [-0.25, -0.2) is 0 Å². The predicted molar refractivity (Wildman–Crippen MR) is 111 cm³/mol. The fourth-order valence-corrected chi connectivity index (χ4v) is 4.51. The van der Waals surface area contributed by atoms with E-state index >= 15 is 0 Å². The fraction of sp³-hybridized carbons (Fsp3) is 0.708. The molecule has 0 aromatic carbocycles. The summed E-state index contributed by atoms with van der Waals surface area (Å²) in [7, 11) is 0. The molecule has 0 bridgehead atoms. The molecule has 25 heavy (non-hydrogen) atoms. The molecule has 2 aliphatic carbocycles. The van der Waals surface area contributed by atoms with Crippen molar-refractivity contribution in [1.29, 1.82) is 0 Å². The zero-order valence-electron chi connectivity index (χ0n) is 17.1. The number of carbonyl (C=O) groups is 1. The molecule has 0 radical (unpaired) electrons. The Morgan fingerprint density at radius 2 is 1.52 bits per heavy atom. The summed E-state index contributed by atoms with van der Waals surface area (Å²) in [5.74, 6) is 3.26. The van der Waals surface area contributed by atoms with E-state index in [1.165, 1.54) is 44.9 Å². The van der Waals surface area contributed by atoms with E-state index in [0.717, 1.165) is 36.2 Å². The molecule has 2 fully saturated rings. The lowest BCUT2D eigenvalue weighted by Crippen LogP contribution is -2.21. The maximum Gasteiger partial charge on any atom is 0.165 e. The van der Waals surface area contributed by atoms with Gasteiger partial charge in [-0.2, -0.15) is 0 Å². The SMILES string of the molecule is C=C/C(=C\C=C/C)C(=O)C1CCCC(C2CCC(C)CC2)CC1.CC. The van der Waals surface area contributed by atoms with Crippen molar-refractivity contribution in [2.24, 2.45) is 23.7 Å². The molecule has 0 amide bonds. The summed E-state index contributed by atoms with van der Waals surface area (Å²) in [6, 6.07) is 0. The van der Waals surface area contributed by atoms with Gasteiger partial charge in [0, 0.05) is 11.5 Å². The lowest BCUT2D eigenvalue weighted by atomic mass is 9.74. The minimum Gasteiger partial charge on any atom is -0.294 e. The van der Waals surface area contributed by atoms with E-state index in [4.69, 9.17) is 0 Å². The van der Waals surface area contributed by atoms with Gasteiger partial charge < -0.3 is 0 Å². The monoisotopic (exact) mass is 344 g/mol. The molecule has 2 unspecified atom stereocenters. The summed E-state index contributed by atoms with van der Waals surface area (Å²) in [4.78, 5) is 12.7. The maximum atomic E-state index is 12.7. The molecule has 0 spiro atoms.